The highest BCUT2D eigenvalue weighted by Crippen LogP contribution is 2.50. The lowest BCUT2D eigenvalue weighted by Gasteiger charge is -2.31. The van der Waals surface area contributed by atoms with E-state index < -0.39 is 17.4 Å². The van der Waals surface area contributed by atoms with E-state index in [1.165, 1.54) is 0 Å². The van der Waals surface area contributed by atoms with Crippen molar-refractivity contribution < 1.29 is 14.7 Å². The van der Waals surface area contributed by atoms with Crippen LogP contribution in [0, 0.1) is 11.3 Å². The first-order valence-electron chi connectivity index (χ1n) is 8.19. The molecular formula is C18H25ClN2O3. The molecule has 1 aromatic carbocycles. The maximum atomic E-state index is 12.8. The molecule has 1 N–H and O–H groups in total. The van der Waals surface area contributed by atoms with Gasteiger partial charge in [0.15, 0.2) is 0 Å². The molecule has 0 bridgehead atoms. The molecule has 1 aliphatic heterocycles. The zero-order chi connectivity index (χ0) is 16.6. The molecule has 0 spiro atoms. The van der Waals surface area contributed by atoms with Crippen molar-refractivity contribution in [3.8, 4) is 0 Å². The molecule has 1 amide bonds. The lowest BCUT2D eigenvalue weighted by atomic mass is 9.81. The lowest BCUT2D eigenvalue weighted by Crippen LogP contribution is -2.41. The van der Waals surface area contributed by atoms with E-state index in [1.807, 2.05) is 30.3 Å². The average Bonchev–Trinajstić information content (AvgIpc) is 3.06. The number of benzene rings is 1. The third-order valence-electron chi connectivity index (χ3n) is 5.48. The maximum absolute atomic E-state index is 12.8. The fraction of sp³-hybridized carbons (Fsp3) is 0.556. The van der Waals surface area contributed by atoms with Crippen LogP contribution in [0.1, 0.15) is 30.9 Å². The molecule has 2 aliphatic rings. The van der Waals surface area contributed by atoms with Crippen LogP contribution in [-0.2, 0) is 9.59 Å². The van der Waals surface area contributed by atoms with Crippen LogP contribution in [0.3, 0.4) is 0 Å². The number of likely N-dealkylation sites (N-methyl/N-ethyl adjacent to an activating group) is 1. The molecular weight excluding hydrogens is 328 g/mol. The molecule has 6 heteroatoms. The number of carboxylic acids is 1. The summed E-state index contributed by atoms with van der Waals surface area (Å²) in [5.41, 5.74) is 0.270. The molecule has 3 rings (SSSR count). The Balaban J connectivity index is 0.00000208. The highest BCUT2D eigenvalue weighted by Gasteiger charge is 2.56. The van der Waals surface area contributed by atoms with Crippen molar-refractivity contribution in [1.29, 1.82) is 0 Å². The number of hydrogen-bond donors (Lipinski definition) is 1. The predicted molar refractivity (Wildman–Crippen MR) is 94.1 cm³/mol. The number of rotatable bonds is 4. The molecule has 1 saturated carbocycles. The van der Waals surface area contributed by atoms with Gasteiger partial charge in [-0.15, -0.1) is 12.4 Å². The summed E-state index contributed by atoms with van der Waals surface area (Å²) in [4.78, 5) is 28.3. The van der Waals surface area contributed by atoms with Crippen molar-refractivity contribution in [2.24, 2.45) is 11.3 Å². The normalized spacial score (nSPS) is 27.2. The number of fused-ring (bicyclic) bond motifs is 1. The summed E-state index contributed by atoms with van der Waals surface area (Å²) in [6.07, 6.45) is 2.64. The summed E-state index contributed by atoms with van der Waals surface area (Å²) in [5.74, 6) is -0.537. The number of carbonyl (C=O) groups is 2. The Morgan fingerprint density at radius 3 is 2.50 bits per heavy atom. The van der Waals surface area contributed by atoms with E-state index in [0.717, 1.165) is 24.8 Å². The van der Waals surface area contributed by atoms with E-state index >= 15 is 0 Å². The van der Waals surface area contributed by atoms with Gasteiger partial charge in [-0.2, -0.15) is 0 Å². The van der Waals surface area contributed by atoms with E-state index in [0.29, 0.717) is 13.1 Å². The molecule has 1 saturated heterocycles. The van der Waals surface area contributed by atoms with Gasteiger partial charge in [0.2, 0.25) is 5.91 Å². The second-order valence-corrected chi connectivity index (χ2v) is 7.03. The summed E-state index contributed by atoms with van der Waals surface area (Å²) in [5, 5.41) is 9.77. The van der Waals surface area contributed by atoms with Crippen molar-refractivity contribution >= 4 is 24.3 Å². The lowest BCUT2D eigenvalue weighted by molar-refractivity contribution is -0.150. The van der Waals surface area contributed by atoms with Crippen LogP contribution in [0.15, 0.2) is 30.3 Å². The number of aliphatic carboxylic acids is 1. The third-order valence-corrected chi connectivity index (χ3v) is 5.48. The van der Waals surface area contributed by atoms with Gasteiger partial charge >= 0.3 is 5.97 Å². The molecule has 2 fully saturated rings. The summed E-state index contributed by atoms with van der Waals surface area (Å²) >= 11 is 0. The van der Waals surface area contributed by atoms with Crippen molar-refractivity contribution in [3.63, 3.8) is 0 Å². The Morgan fingerprint density at radius 1 is 1.29 bits per heavy atom. The highest BCUT2D eigenvalue weighted by atomic mass is 35.5. The minimum Gasteiger partial charge on any atom is -0.481 e. The summed E-state index contributed by atoms with van der Waals surface area (Å²) in [6, 6.07) is 9.29. The second kappa shape index (κ2) is 7.11. The molecule has 3 atom stereocenters. The molecule has 5 nitrogen and oxygen atoms in total. The minimum absolute atomic E-state index is 0. The zero-order valence-electron chi connectivity index (χ0n) is 14.1. The molecule has 1 heterocycles. The minimum atomic E-state index is -0.702. The number of nitrogens with zero attached hydrogens (tertiary/aromatic N) is 2. The average molecular weight is 353 g/mol. The van der Waals surface area contributed by atoms with Gasteiger partial charge in [-0.3, -0.25) is 14.5 Å². The predicted octanol–water partition coefficient (Wildman–Crippen LogP) is 2.42. The topological polar surface area (TPSA) is 60.9 Å². The molecule has 132 valence electrons. The molecule has 0 radical (unpaired) electrons. The van der Waals surface area contributed by atoms with Crippen LogP contribution < -0.4 is 0 Å². The smallest absolute Gasteiger partial charge is 0.311 e. The Hall–Kier alpha value is -1.59. The molecule has 1 unspecified atom stereocenters. The summed E-state index contributed by atoms with van der Waals surface area (Å²) < 4.78 is 0. The quantitative estimate of drug-likeness (QED) is 0.904. The van der Waals surface area contributed by atoms with Crippen LogP contribution in [0.25, 0.3) is 0 Å². The van der Waals surface area contributed by atoms with Gasteiger partial charge < -0.3 is 10.0 Å². The molecule has 24 heavy (non-hydrogen) atoms. The maximum Gasteiger partial charge on any atom is 0.311 e. The van der Waals surface area contributed by atoms with Crippen molar-refractivity contribution in [2.45, 2.75) is 25.3 Å². The number of halogens is 1. The van der Waals surface area contributed by atoms with Gasteiger partial charge in [0.1, 0.15) is 6.04 Å². The fourth-order valence-electron chi connectivity index (χ4n) is 4.26. The van der Waals surface area contributed by atoms with Crippen LogP contribution in [0.4, 0.5) is 0 Å². The molecule has 0 aromatic heterocycles. The van der Waals surface area contributed by atoms with E-state index in [-0.39, 0.29) is 24.2 Å². The van der Waals surface area contributed by atoms with Gasteiger partial charge in [-0.05, 0) is 24.3 Å². The number of carboxylic acid groups (broad SMARTS) is 1. The van der Waals surface area contributed by atoms with Crippen LogP contribution in [0.2, 0.25) is 0 Å². The standard InChI is InChI=1S/C18H24N2O3.ClH/c1-19(2)16(21)15(13-7-4-3-5-8-13)20-11-14-9-6-10-18(14,12-20)17(22)23;/h3-5,7-8,14-15H,6,9-12H2,1-2H3,(H,22,23);1H/t14-,15?,18+;/m0./s1. The zero-order valence-corrected chi connectivity index (χ0v) is 15.0. The van der Waals surface area contributed by atoms with E-state index in [9.17, 15) is 14.7 Å². The number of carbonyl (C=O) groups excluding carboxylic acids is 1. The van der Waals surface area contributed by atoms with Gasteiger partial charge in [-0.25, -0.2) is 0 Å². The Kier molecular flexibility index (Phi) is 5.56. The van der Waals surface area contributed by atoms with Gasteiger partial charge in [0, 0.05) is 27.2 Å². The SMILES string of the molecule is CN(C)C(=O)C(c1ccccc1)N1C[C@@H]2CCC[C@@]2(C(=O)O)C1.Cl. The monoisotopic (exact) mass is 352 g/mol. The molecule has 1 aliphatic carbocycles. The summed E-state index contributed by atoms with van der Waals surface area (Å²) in [6.45, 7) is 1.15. The number of amides is 1. The van der Waals surface area contributed by atoms with Crippen LogP contribution in [0.5, 0.6) is 0 Å². The van der Waals surface area contributed by atoms with Crippen LogP contribution in [-0.4, -0.2) is 54.0 Å². The van der Waals surface area contributed by atoms with Crippen molar-refractivity contribution in [2.75, 3.05) is 27.2 Å². The highest BCUT2D eigenvalue weighted by molar-refractivity contribution is 5.85. The number of likely N-dealkylation sites (tertiary alicyclic amines) is 1. The van der Waals surface area contributed by atoms with E-state index in [2.05, 4.69) is 4.90 Å². The third kappa shape index (κ3) is 3.03. The Bertz CT molecular complexity index is 608. The van der Waals surface area contributed by atoms with Gasteiger partial charge in [0.05, 0.1) is 5.41 Å². The van der Waals surface area contributed by atoms with Crippen LogP contribution >= 0.6 is 12.4 Å². The van der Waals surface area contributed by atoms with Crippen molar-refractivity contribution in [3.05, 3.63) is 35.9 Å². The first-order chi connectivity index (χ1) is 11.0. The largest absolute Gasteiger partial charge is 0.481 e. The Labute approximate surface area is 149 Å². The summed E-state index contributed by atoms with van der Waals surface area (Å²) in [7, 11) is 3.50. The fourth-order valence-corrected chi connectivity index (χ4v) is 4.26. The van der Waals surface area contributed by atoms with Crippen molar-refractivity contribution in [1.82, 2.24) is 9.80 Å². The number of hydrogen-bond acceptors (Lipinski definition) is 3. The first-order valence-corrected chi connectivity index (χ1v) is 8.19. The van der Waals surface area contributed by atoms with E-state index in [1.54, 1.807) is 19.0 Å². The second-order valence-electron chi connectivity index (χ2n) is 7.03. The van der Waals surface area contributed by atoms with E-state index in [4.69, 9.17) is 0 Å². The molecule has 1 aromatic rings. The van der Waals surface area contributed by atoms with Gasteiger partial charge in [-0.1, -0.05) is 36.8 Å². The van der Waals surface area contributed by atoms with Gasteiger partial charge in [0.25, 0.3) is 0 Å². The Morgan fingerprint density at radius 2 is 1.96 bits per heavy atom. The first kappa shape index (κ1) is 18.7.